The number of anilines is 1. The third kappa shape index (κ3) is 4.96. The number of methoxy groups -OCH3 is 2. The molecule has 0 unspecified atom stereocenters. The van der Waals surface area contributed by atoms with Gasteiger partial charge in [-0.25, -0.2) is 8.42 Å². The van der Waals surface area contributed by atoms with Gasteiger partial charge in [0.1, 0.15) is 0 Å². The summed E-state index contributed by atoms with van der Waals surface area (Å²) in [6.45, 7) is 1.26. The highest BCUT2D eigenvalue weighted by Gasteiger charge is 2.28. The quantitative estimate of drug-likeness (QED) is 0.488. The predicted molar refractivity (Wildman–Crippen MR) is 119 cm³/mol. The van der Waals surface area contributed by atoms with Crippen LogP contribution in [0.15, 0.2) is 47.5 Å². The zero-order valence-electron chi connectivity index (χ0n) is 17.5. The number of nitrogens with one attached hydrogen (secondary N) is 2. The third-order valence-corrected chi connectivity index (χ3v) is 6.74. The molecule has 3 rings (SSSR count). The van der Waals surface area contributed by atoms with Crippen molar-refractivity contribution in [3.05, 3.63) is 53.6 Å². The molecule has 0 aliphatic carbocycles. The van der Waals surface area contributed by atoms with Crippen LogP contribution < -0.4 is 24.4 Å². The van der Waals surface area contributed by atoms with Gasteiger partial charge in [-0.2, -0.15) is 0 Å². The highest BCUT2D eigenvalue weighted by atomic mass is 32.2. The predicted octanol–water partition coefficient (Wildman–Crippen LogP) is 1.76. The van der Waals surface area contributed by atoms with Gasteiger partial charge in [-0.05, 0) is 35.7 Å². The van der Waals surface area contributed by atoms with Gasteiger partial charge in [0.15, 0.2) is 17.5 Å². The Kier molecular flexibility index (Phi) is 7.04. The number of aliphatic imine (C=N–C) groups is 1. The molecule has 0 bridgehead atoms. The van der Waals surface area contributed by atoms with Gasteiger partial charge in [0.05, 0.1) is 25.7 Å². The normalized spacial score (nSPS) is 13.7. The smallest absolute Gasteiger partial charge is 0.236 e. The number of hydrogen-bond acceptors (Lipinski definition) is 5. The Morgan fingerprint density at radius 1 is 1.10 bits per heavy atom. The van der Waals surface area contributed by atoms with Gasteiger partial charge >= 0.3 is 0 Å². The molecule has 0 saturated carbocycles. The molecule has 9 heteroatoms. The standard InChI is InChI=1S/C21H28N4O4S/c1-22-21(24-15-16-8-9-19(28-2)20(14-16)29-3)23-11-13-30(26,27)25-12-10-17-6-4-5-7-18(17)25/h4-9,14H,10-13,15H2,1-3H3,(H2,22,23,24). The molecule has 2 aromatic rings. The molecule has 162 valence electrons. The molecule has 0 spiro atoms. The van der Waals surface area contributed by atoms with Gasteiger partial charge < -0.3 is 20.1 Å². The molecular weight excluding hydrogens is 404 g/mol. The van der Waals surface area contributed by atoms with Crippen molar-refractivity contribution in [1.29, 1.82) is 0 Å². The van der Waals surface area contributed by atoms with Crippen molar-refractivity contribution in [2.45, 2.75) is 13.0 Å². The SMILES string of the molecule is CN=C(NCCS(=O)(=O)N1CCc2ccccc21)NCc1ccc(OC)c(OC)c1. The summed E-state index contributed by atoms with van der Waals surface area (Å²) >= 11 is 0. The monoisotopic (exact) mass is 432 g/mol. The molecule has 0 radical (unpaired) electrons. The molecular formula is C21H28N4O4S. The highest BCUT2D eigenvalue weighted by Crippen LogP contribution is 2.30. The van der Waals surface area contributed by atoms with Crippen LogP contribution in [0.5, 0.6) is 11.5 Å². The van der Waals surface area contributed by atoms with Crippen molar-refractivity contribution in [3.8, 4) is 11.5 Å². The van der Waals surface area contributed by atoms with E-state index >= 15 is 0 Å². The highest BCUT2D eigenvalue weighted by molar-refractivity contribution is 7.92. The first-order chi connectivity index (χ1) is 14.5. The van der Waals surface area contributed by atoms with Gasteiger partial charge in [0, 0.05) is 26.7 Å². The van der Waals surface area contributed by atoms with E-state index in [1.54, 1.807) is 21.3 Å². The minimum atomic E-state index is -3.40. The van der Waals surface area contributed by atoms with Crippen LogP contribution in [-0.2, 0) is 23.0 Å². The van der Waals surface area contributed by atoms with Gasteiger partial charge in [0.2, 0.25) is 10.0 Å². The minimum Gasteiger partial charge on any atom is -0.493 e. The van der Waals surface area contributed by atoms with Crippen LogP contribution in [-0.4, -0.2) is 54.5 Å². The fraction of sp³-hybridized carbons (Fsp3) is 0.381. The van der Waals surface area contributed by atoms with Crippen molar-refractivity contribution in [2.24, 2.45) is 4.99 Å². The van der Waals surface area contributed by atoms with Crippen LogP contribution >= 0.6 is 0 Å². The Morgan fingerprint density at radius 3 is 2.60 bits per heavy atom. The summed E-state index contributed by atoms with van der Waals surface area (Å²) in [6.07, 6.45) is 0.747. The average Bonchev–Trinajstić information content (AvgIpc) is 3.21. The fourth-order valence-corrected chi connectivity index (χ4v) is 4.83. The summed E-state index contributed by atoms with van der Waals surface area (Å²) < 4.78 is 37.6. The van der Waals surface area contributed by atoms with Crippen LogP contribution in [0.3, 0.4) is 0 Å². The molecule has 0 atom stereocenters. The maximum Gasteiger partial charge on any atom is 0.236 e. The van der Waals surface area contributed by atoms with E-state index in [0.717, 1.165) is 23.2 Å². The van der Waals surface area contributed by atoms with Gasteiger partial charge in [0.25, 0.3) is 0 Å². The molecule has 0 saturated heterocycles. The van der Waals surface area contributed by atoms with E-state index in [4.69, 9.17) is 9.47 Å². The second-order valence-electron chi connectivity index (χ2n) is 6.81. The van der Waals surface area contributed by atoms with Crippen LogP contribution in [0.2, 0.25) is 0 Å². The number of guanidine groups is 1. The van der Waals surface area contributed by atoms with E-state index in [-0.39, 0.29) is 12.3 Å². The van der Waals surface area contributed by atoms with E-state index in [9.17, 15) is 8.42 Å². The lowest BCUT2D eigenvalue weighted by Gasteiger charge is -2.20. The maximum atomic E-state index is 12.8. The summed E-state index contributed by atoms with van der Waals surface area (Å²) in [4.78, 5) is 4.16. The molecule has 2 aromatic carbocycles. The minimum absolute atomic E-state index is 0.0155. The van der Waals surface area contributed by atoms with Crippen LogP contribution in [0, 0.1) is 0 Å². The summed E-state index contributed by atoms with van der Waals surface area (Å²) in [6, 6.07) is 13.3. The second-order valence-corrected chi connectivity index (χ2v) is 8.82. The Hall–Kier alpha value is -2.94. The molecule has 8 nitrogen and oxygen atoms in total. The van der Waals surface area contributed by atoms with Crippen LogP contribution in [0.25, 0.3) is 0 Å². The number of benzene rings is 2. The largest absolute Gasteiger partial charge is 0.493 e. The molecule has 30 heavy (non-hydrogen) atoms. The van der Waals surface area contributed by atoms with Crippen molar-refractivity contribution < 1.29 is 17.9 Å². The average molecular weight is 433 g/mol. The molecule has 1 heterocycles. The van der Waals surface area contributed by atoms with Crippen molar-refractivity contribution in [2.75, 3.05) is 44.4 Å². The fourth-order valence-electron chi connectivity index (χ4n) is 3.40. The lowest BCUT2D eigenvalue weighted by molar-refractivity contribution is 0.354. The first kappa shape index (κ1) is 21.8. The van der Waals surface area contributed by atoms with E-state index in [1.807, 2.05) is 42.5 Å². The second kappa shape index (κ2) is 9.71. The lowest BCUT2D eigenvalue weighted by Crippen LogP contribution is -2.41. The number of para-hydroxylation sites is 1. The van der Waals surface area contributed by atoms with Crippen LogP contribution in [0.4, 0.5) is 5.69 Å². The molecule has 1 aliphatic rings. The van der Waals surface area contributed by atoms with Crippen LogP contribution in [0.1, 0.15) is 11.1 Å². The molecule has 0 aromatic heterocycles. The Balaban J connectivity index is 1.52. The molecule has 0 fully saturated rings. The van der Waals surface area contributed by atoms with Gasteiger partial charge in [-0.3, -0.25) is 9.30 Å². The Morgan fingerprint density at radius 2 is 1.87 bits per heavy atom. The number of hydrogen-bond donors (Lipinski definition) is 2. The van der Waals surface area contributed by atoms with Crippen molar-refractivity contribution >= 4 is 21.7 Å². The summed E-state index contributed by atoms with van der Waals surface area (Å²) in [5.74, 6) is 1.83. The van der Waals surface area contributed by atoms with Gasteiger partial charge in [-0.15, -0.1) is 0 Å². The summed E-state index contributed by atoms with van der Waals surface area (Å²) in [5.41, 5.74) is 2.84. The van der Waals surface area contributed by atoms with E-state index in [2.05, 4.69) is 15.6 Å². The lowest BCUT2D eigenvalue weighted by atomic mass is 10.2. The number of rotatable bonds is 8. The Labute approximate surface area is 178 Å². The molecule has 0 amide bonds. The first-order valence-electron chi connectivity index (χ1n) is 9.72. The number of ether oxygens (including phenoxy) is 2. The van der Waals surface area contributed by atoms with E-state index in [1.165, 1.54) is 4.31 Å². The van der Waals surface area contributed by atoms with Crippen molar-refractivity contribution in [3.63, 3.8) is 0 Å². The number of sulfonamides is 1. The zero-order valence-corrected chi connectivity index (χ0v) is 18.3. The third-order valence-electron chi connectivity index (χ3n) is 4.96. The summed E-state index contributed by atoms with van der Waals surface area (Å²) in [5, 5.41) is 6.25. The summed E-state index contributed by atoms with van der Waals surface area (Å²) in [7, 11) is 1.43. The van der Waals surface area contributed by atoms with E-state index in [0.29, 0.717) is 30.5 Å². The number of nitrogens with zero attached hydrogens (tertiary/aromatic N) is 2. The van der Waals surface area contributed by atoms with E-state index < -0.39 is 10.0 Å². The topological polar surface area (TPSA) is 92.3 Å². The Bertz CT molecular complexity index is 1010. The first-order valence-corrected chi connectivity index (χ1v) is 11.3. The molecule has 1 aliphatic heterocycles. The maximum absolute atomic E-state index is 12.8. The zero-order chi connectivity index (χ0) is 21.6. The molecule has 2 N–H and O–H groups in total. The number of fused-ring (bicyclic) bond motifs is 1. The van der Waals surface area contributed by atoms with Crippen molar-refractivity contribution in [1.82, 2.24) is 10.6 Å². The van der Waals surface area contributed by atoms with Gasteiger partial charge in [-0.1, -0.05) is 24.3 Å².